The molecule has 10 aliphatic rings. The van der Waals surface area contributed by atoms with Gasteiger partial charge in [-0.1, -0.05) is 103 Å². The monoisotopic (exact) mass is 660 g/mol. The van der Waals surface area contributed by atoms with Crippen LogP contribution in [0.3, 0.4) is 0 Å². The molecular formula is C44H73N3O. The van der Waals surface area contributed by atoms with E-state index < -0.39 is 0 Å². The Morgan fingerprint density at radius 3 is 1.60 bits per heavy atom. The molecule has 0 radical (unpaired) electrons. The third-order valence-electron chi connectivity index (χ3n) is 18.1. The second kappa shape index (κ2) is 14.0. The van der Waals surface area contributed by atoms with Gasteiger partial charge in [0.05, 0.1) is 30.7 Å². The van der Waals surface area contributed by atoms with Crippen molar-refractivity contribution < 1.29 is 4.74 Å². The Labute approximate surface area is 294 Å². The van der Waals surface area contributed by atoms with Crippen LogP contribution < -0.4 is 16.0 Å². The number of hydrogen-bond donors (Lipinski definition) is 3. The summed E-state index contributed by atoms with van der Waals surface area (Å²) in [5, 5.41) is 13.4. The molecule has 4 heteroatoms. The lowest BCUT2D eigenvalue weighted by molar-refractivity contribution is -0.103. The molecule has 0 aromatic heterocycles. The van der Waals surface area contributed by atoms with Gasteiger partial charge < -0.3 is 4.74 Å². The molecule has 2 heterocycles. The molecule has 0 bridgehead atoms. The van der Waals surface area contributed by atoms with Crippen LogP contribution in [0.15, 0.2) is 0 Å². The summed E-state index contributed by atoms with van der Waals surface area (Å²) in [4.78, 5) is 0. The van der Waals surface area contributed by atoms with Crippen LogP contribution in [-0.2, 0) is 4.74 Å². The fourth-order valence-electron chi connectivity index (χ4n) is 16.3. The Bertz CT molecular complexity index is 1090. The summed E-state index contributed by atoms with van der Waals surface area (Å²) < 4.78 is 7.52. The standard InChI is InChI=1S/C44H73N3O/c1-3-13-27(14-4-1)32-22-12-23-35-37-26-38(33-20-9-10-21-34(33)41(37)48-40(32)35)44-46-42(28-15-5-2-6-16-28)45-43(47-44)36-24-11-18-30-25-29-17-7-8-19-31(29)39(30)36/h27-47H,1-26H2. The molecule has 16 atom stereocenters. The summed E-state index contributed by atoms with van der Waals surface area (Å²) in [6.07, 6.45) is 41.3. The zero-order valence-electron chi connectivity index (χ0n) is 30.7. The van der Waals surface area contributed by atoms with E-state index in [2.05, 4.69) is 16.0 Å². The second-order valence-electron chi connectivity index (χ2n) is 20.1. The maximum absolute atomic E-state index is 7.52. The first-order valence-electron chi connectivity index (χ1n) is 22.7. The molecule has 2 aliphatic heterocycles. The van der Waals surface area contributed by atoms with Crippen LogP contribution in [0, 0.1) is 76.9 Å². The highest BCUT2D eigenvalue weighted by atomic mass is 16.5. The van der Waals surface area contributed by atoms with E-state index in [9.17, 15) is 0 Å². The van der Waals surface area contributed by atoms with Crippen molar-refractivity contribution in [1.29, 1.82) is 0 Å². The molecule has 8 saturated carbocycles. The summed E-state index contributed by atoms with van der Waals surface area (Å²) in [5.74, 6) is 11.8. The zero-order valence-corrected chi connectivity index (χ0v) is 30.7. The minimum Gasteiger partial charge on any atom is -0.374 e. The maximum Gasteiger partial charge on any atom is 0.0641 e. The molecule has 3 N–H and O–H groups in total. The SMILES string of the molecule is C1CCC(C2NC(C3CC4C5CCCC(C6CCCCC6)C5OC4C4CCCCC34)NC(C3CCCC4CC5CCCCC5C43)N2)CC1. The van der Waals surface area contributed by atoms with Crippen molar-refractivity contribution in [1.82, 2.24) is 16.0 Å². The predicted octanol–water partition coefficient (Wildman–Crippen LogP) is 9.78. The van der Waals surface area contributed by atoms with E-state index in [1.54, 1.807) is 19.3 Å². The van der Waals surface area contributed by atoms with Crippen molar-refractivity contribution in [3.8, 4) is 0 Å². The zero-order chi connectivity index (χ0) is 31.6. The molecule has 0 aromatic carbocycles. The van der Waals surface area contributed by atoms with Crippen molar-refractivity contribution in [3.05, 3.63) is 0 Å². The number of rotatable bonds is 4. The lowest BCUT2D eigenvalue weighted by Gasteiger charge is -2.55. The summed E-state index contributed by atoms with van der Waals surface area (Å²) in [6, 6.07) is 0. The van der Waals surface area contributed by atoms with Crippen molar-refractivity contribution in [2.75, 3.05) is 0 Å². The fraction of sp³-hybridized carbons (Fsp3) is 1.00. The van der Waals surface area contributed by atoms with Crippen LogP contribution in [0.2, 0.25) is 0 Å². The molecular weight excluding hydrogens is 587 g/mol. The van der Waals surface area contributed by atoms with Crippen LogP contribution in [-0.4, -0.2) is 30.7 Å². The van der Waals surface area contributed by atoms with Gasteiger partial charge in [-0.15, -0.1) is 0 Å². The average molecular weight is 660 g/mol. The molecule has 270 valence electrons. The Kier molecular flexibility index (Phi) is 9.48. The van der Waals surface area contributed by atoms with Gasteiger partial charge in [0.15, 0.2) is 0 Å². The lowest BCUT2D eigenvalue weighted by atomic mass is 9.56. The summed E-state index contributed by atoms with van der Waals surface area (Å²) in [5.41, 5.74) is 0. The summed E-state index contributed by atoms with van der Waals surface area (Å²) >= 11 is 0. The Morgan fingerprint density at radius 1 is 0.292 bits per heavy atom. The summed E-state index contributed by atoms with van der Waals surface area (Å²) in [6.45, 7) is 0. The van der Waals surface area contributed by atoms with Crippen LogP contribution in [0.4, 0.5) is 0 Å². The smallest absolute Gasteiger partial charge is 0.0641 e. The second-order valence-corrected chi connectivity index (χ2v) is 20.1. The normalized spacial score (nSPS) is 53.2. The Morgan fingerprint density at radius 2 is 0.792 bits per heavy atom. The third kappa shape index (κ3) is 5.82. The fourth-order valence-corrected chi connectivity index (χ4v) is 16.3. The van der Waals surface area contributed by atoms with Crippen molar-refractivity contribution in [2.45, 2.75) is 198 Å². The number of ether oxygens (including phenoxy) is 1. The highest BCUT2D eigenvalue weighted by Gasteiger charge is 2.59. The van der Waals surface area contributed by atoms with Crippen LogP contribution in [0.5, 0.6) is 0 Å². The van der Waals surface area contributed by atoms with E-state index in [1.807, 2.05) is 0 Å². The third-order valence-corrected chi connectivity index (χ3v) is 18.1. The molecule has 10 rings (SSSR count). The molecule has 10 fully saturated rings. The topological polar surface area (TPSA) is 45.3 Å². The number of fused-ring (bicyclic) bond motifs is 8. The van der Waals surface area contributed by atoms with Gasteiger partial charge in [-0.25, -0.2) is 0 Å². The molecule has 48 heavy (non-hydrogen) atoms. The minimum atomic E-state index is 0.496. The van der Waals surface area contributed by atoms with Gasteiger partial charge in [0.25, 0.3) is 0 Å². The van der Waals surface area contributed by atoms with Crippen molar-refractivity contribution >= 4 is 0 Å². The molecule has 2 saturated heterocycles. The van der Waals surface area contributed by atoms with E-state index in [0.29, 0.717) is 30.7 Å². The van der Waals surface area contributed by atoms with Crippen LogP contribution >= 0.6 is 0 Å². The van der Waals surface area contributed by atoms with Gasteiger partial charge >= 0.3 is 0 Å². The van der Waals surface area contributed by atoms with E-state index >= 15 is 0 Å². The largest absolute Gasteiger partial charge is 0.374 e. The van der Waals surface area contributed by atoms with Crippen LogP contribution in [0.1, 0.15) is 167 Å². The number of nitrogens with one attached hydrogen (secondary N) is 3. The quantitative estimate of drug-likeness (QED) is 0.281. The average Bonchev–Trinajstić information content (AvgIpc) is 3.74. The Balaban J connectivity index is 0.937. The first-order chi connectivity index (χ1) is 23.8. The first kappa shape index (κ1) is 32.5. The highest BCUT2D eigenvalue weighted by molar-refractivity contribution is 5.09. The Hall–Kier alpha value is -0.160. The molecule has 16 unspecified atom stereocenters. The van der Waals surface area contributed by atoms with Crippen molar-refractivity contribution in [3.63, 3.8) is 0 Å². The van der Waals surface area contributed by atoms with E-state index in [4.69, 9.17) is 4.74 Å². The van der Waals surface area contributed by atoms with Gasteiger partial charge in [0, 0.05) is 0 Å². The summed E-state index contributed by atoms with van der Waals surface area (Å²) in [7, 11) is 0. The van der Waals surface area contributed by atoms with Gasteiger partial charge in [-0.05, 0) is 141 Å². The predicted molar refractivity (Wildman–Crippen MR) is 195 cm³/mol. The van der Waals surface area contributed by atoms with E-state index in [0.717, 1.165) is 76.9 Å². The molecule has 8 aliphatic carbocycles. The molecule has 0 amide bonds. The first-order valence-corrected chi connectivity index (χ1v) is 22.7. The molecule has 4 nitrogen and oxygen atoms in total. The van der Waals surface area contributed by atoms with Gasteiger partial charge in [0.1, 0.15) is 0 Å². The minimum absolute atomic E-state index is 0.496. The van der Waals surface area contributed by atoms with Gasteiger partial charge in [0.2, 0.25) is 0 Å². The highest BCUT2D eigenvalue weighted by Crippen LogP contribution is 2.60. The van der Waals surface area contributed by atoms with Gasteiger partial charge in [-0.2, -0.15) is 0 Å². The maximum atomic E-state index is 7.52. The number of hydrogen-bond acceptors (Lipinski definition) is 4. The van der Waals surface area contributed by atoms with Crippen LogP contribution in [0.25, 0.3) is 0 Å². The van der Waals surface area contributed by atoms with E-state index in [-0.39, 0.29) is 0 Å². The van der Waals surface area contributed by atoms with E-state index in [1.165, 1.54) is 148 Å². The molecule has 0 spiro atoms. The van der Waals surface area contributed by atoms with Gasteiger partial charge in [-0.3, -0.25) is 16.0 Å². The molecule has 0 aromatic rings. The van der Waals surface area contributed by atoms with Crippen molar-refractivity contribution in [2.24, 2.45) is 76.9 Å². The lowest BCUT2D eigenvalue weighted by Crippen LogP contribution is -2.74.